The lowest BCUT2D eigenvalue weighted by molar-refractivity contribution is 0.0982. The number of carbonyl (C=O) groups is 1. The van der Waals surface area contributed by atoms with E-state index in [0.29, 0.717) is 29.6 Å². The topological polar surface area (TPSA) is 102 Å². The summed E-state index contributed by atoms with van der Waals surface area (Å²) in [7, 11) is -3.70. The molecule has 23 heavy (non-hydrogen) atoms. The van der Waals surface area contributed by atoms with E-state index in [1.165, 1.54) is 0 Å². The third-order valence-corrected chi connectivity index (χ3v) is 6.38. The first kappa shape index (κ1) is 15.9. The van der Waals surface area contributed by atoms with Crippen molar-refractivity contribution in [2.75, 3.05) is 0 Å². The molecule has 0 aliphatic heterocycles. The fourth-order valence-corrected chi connectivity index (χ4v) is 3.65. The van der Waals surface area contributed by atoms with E-state index in [0.717, 1.165) is 0 Å². The Balaban J connectivity index is 2.08. The number of carbonyl (C=O) groups excluding carboxylic acids is 1. The minimum Gasteiger partial charge on any atom is -0.335 e. The molecule has 0 saturated heterocycles. The van der Waals surface area contributed by atoms with Gasteiger partial charge >= 0.3 is 0 Å². The van der Waals surface area contributed by atoms with Crippen LogP contribution in [0.4, 0.5) is 0 Å². The number of amides is 1. The molecule has 0 aromatic carbocycles. The Hall–Kier alpha value is -1.96. The molecule has 3 rings (SSSR count). The van der Waals surface area contributed by atoms with Gasteiger partial charge in [-0.2, -0.15) is 0 Å². The second-order valence-electron chi connectivity index (χ2n) is 6.60. The number of sulfonamides is 1. The highest BCUT2D eigenvalue weighted by Crippen LogP contribution is 2.42. The average molecular weight is 337 g/mol. The third kappa shape index (κ3) is 2.60. The predicted octanol–water partition coefficient (Wildman–Crippen LogP) is 2.27. The smallest absolute Gasteiger partial charge is 0.265 e. The van der Waals surface area contributed by atoms with Crippen LogP contribution in [0.25, 0.3) is 11.1 Å². The van der Waals surface area contributed by atoms with Gasteiger partial charge in [0.1, 0.15) is 0 Å². The van der Waals surface area contributed by atoms with Crippen LogP contribution in [0.2, 0.25) is 0 Å². The van der Waals surface area contributed by atoms with Crippen LogP contribution in [0.1, 0.15) is 61.3 Å². The molecule has 0 spiro atoms. The van der Waals surface area contributed by atoms with Gasteiger partial charge in [-0.05, 0) is 38.7 Å². The van der Waals surface area contributed by atoms with E-state index in [1.54, 1.807) is 19.9 Å². The van der Waals surface area contributed by atoms with Crippen molar-refractivity contribution in [2.24, 2.45) is 0 Å². The number of pyridine rings is 1. The van der Waals surface area contributed by atoms with Crippen molar-refractivity contribution in [1.29, 1.82) is 0 Å². The number of aromatic nitrogens is 2. The zero-order valence-electron chi connectivity index (χ0n) is 13.5. The molecular formula is C15H19N3O4S. The summed E-state index contributed by atoms with van der Waals surface area (Å²) in [6.45, 7) is 7.18. The van der Waals surface area contributed by atoms with Gasteiger partial charge in [-0.1, -0.05) is 19.0 Å². The maximum Gasteiger partial charge on any atom is 0.265 e. The van der Waals surface area contributed by atoms with E-state index in [9.17, 15) is 13.2 Å². The van der Waals surface area contributed by atoms with Gasteiger partial charge in [-0.3, -0.25) is 4.79 Å². The summed E-state index contributed by atoms with van der Waals surface area (Å²) in [5.41, 5.74) is 1.62. The normalized spacial score (nSPS) is 16.7. The Kier molecular flexibility index (Phi) is 3.47. The van der Waals surface area contributed by atoms with Crippen molar-refractivity contribution < 1.29 is 17.7 Å². The molecule has 124 valence electrons. The Morgan fingerprint density at radius 1 is 1.39 bits per heavy atom. The summed E-state index contributed by atoms with van der Waals surface area (Å²) < 4.78 is 31.1. The Bertz CT molecular complexity index is 895. The van der Waals surface area contributed by atoms with Crippen LogP contribution in [0.15, 0.2) is 10.6 Å². The maximum atomic E-state index is 12.6. The Morgan fingerprint density at radius 2 is 2.04 bits per heavy atom. The Labute approximate surface area is 134 Å². The van der Waals surface area contributed by atoms with E-state index >= 15 is 0 Å². The van der Waals surface area contributed by atoms with Crippen LogP contribution in [0.3, 0.4) is 0 Å². The van der Waals surface area contributed by atoms with E-state index in [4.69, 9.17) is 4.52 Å². The average Bonchev–Trinajstić information content (AvgIpc) is 3.06. The first-order valence-corrected chi connectivity index (χ1v) is 8.96. The van der Waals surface area contributed by atoms with Gasteiger partial charge < -0.3 is 4.52 Å². The highest BCUT2D eigenvalue weighted by atomic mass is 32.2. The van der Waals surface area contributed by atoms with Gasteiger partial charge in [0.15, 0.2) is 0 Å². The summed E-state index contributed by atoms with van der Waals surface area (Å²) in [5, 5.41) is 4.44. The summed E-state index contributed by atoms with van der Waals surface area (Å²) in [5.74, 6) is -0.649. The molecule has 1 amide bonds. The minimum absolute atomic E-state index is 0.0184. The lowest BCUT2D eigenvalue weighted by atomic mass is 10.0. The molecular weight excluding hydrogens is 318 g/mol. The van der Waals surface area contributed by atoms with Gasteiger partial charge in [0.25, 0.3) is 11.6 Å². The number of nitrogens with one attached hydrogen (secondary N) is 1. The molecule has 2 aromatic rings. The molecule has 1 aliphatic carbocycles. The summed E-state index contributed by atoms with van der Waals surface area (Å²) in [6.07, 6.45) is 1.12. The predicted molar refractivity (Wildman–Crippen MR) is 84.7 cm³/mol. The van der Waals surface area contributed by atoms with E-state index in [-0.39, 0.29) is 17.2 Å². The second kappa shape index (κ2) is 5.02. The first-order valence-electron chi connectivity index (χ1n) is 7.48. The lowest BCUT2D eigenvalue weighted by Gasteiger charge is -2.13. The summed E-state index contributed by atoms with van der Waals surface area (Å²) >= 11 is 0. The largest absolute Gasteiger partial charge is 0.335 e. The summed E-state index contributed by atoms with van der Waals surface area (Å²) in [4.78, 5) is 16.8. The maximum absolute atomic E-state index is 12.6. The highest BCUT2D eigenvalue weighted by Gasteiger charge is 2.51. The van der Waals surface area contributed by atoms with Crippen LogP contribution in [0, 0.1) is 6.92 Å². The molecule has 0 bridgehead atoms. The van der Waals surface area contributed by atoms with Crippen molar-refractivity contribution in [1.82, 2.24) is 14.9 Å². The number of fused-ring (bicyclic) bond motifs is 1. The van der Waals surface area contributed by atoms with Crippen LogP contribution in [-0.4, -0.2) is 29.2 Å². The molecule has 0 atom stereocenters. The number of aryl methyl sites for hydroxylation is 1. The van der Waals surface area contributed by atoms with Gasteiger partial charge in [-0.25, -0.2) is 18.1 Å². The molecule has 0 radical (unpaired) electrons. The molecule has 0 unspecified atom stereocenters. The molecule has 1 saturated carbocycles. The monoisotopic (exact) mass is 337 g/mol. The van der Waals surface area contributed by atoms with Crippen molar-refractivity contribution in [3.05, 3.63) is 23.0 Å². The van der Waals surface area contributed by atoms with Gasteiger partial charge in [-0.15, -0.1) is 0 Å². The number of rotatable bonds is 4. The second-order valence-corrected chi connectivity index (χ2v) is 8.79. The fourth-order valence-electron chi connectivity index (χ4n) is 2.41. The van der Waals surface area contributed by atoms with Crippen LogP contribution in [0.5, 0.6) is 0 Å². The standard InChI is InChI=1S/C15H19N3O4S/c1-8(2)12-11-10(7-9(3)16-14(11)22-17-12)13(19)18-23(20,21)15(4)5-6-15/h7-8H,5-6H2,1-4H3,(H,18,19). The van der Waals surface area contributed by atoms with E-state index in [1.807, 2.05) is 13.8 Å². The van der Waals surface area contributed by atoms with Crippen molar-refractivity contribution in [2.45, 2.75) is 51.2 Å². The summed E-state index contributed by atoms with van der Waals surface area (Å²) in [6, 6.07) is 1.56. The third-order valence-electron chi connectivity index (χ3n) is 4.22. The molecule has 1 aliphatic rings. The van der Waals surface area contributed by atoms with Crippen molar-refractivity contribution >= 4 is 27.0 Å². The van der Waals surface area contributed by atoms with Gasteiger partial charge in [0.2, 0.25) is 10.0 Å². The van der Waals surface area contributed by atoms with Crippen molar-refractivity contribution in [3.8, 4) is 0 Å². The first-order chi connectivity index (χ1) is 10.6. The molecule has 2 heterocycles. The minimum atomic E-state index is -3.70. The zero-order valence-corrected chi connectivity index (χ0v) is 14.3. The molecule has 8 heteroatoms. The van der Waals surface area contributed by atoms with Gasteiger partial charge in [0.05, 0.1) is 21.4 Å². The van der Waals surface area contributed by atoms with Crippen LogP contribution in [-0.2, 0) is 10.0 Å². The zero-order chi connectivity index (χ0) is 17.0. The van der Waals surface area contributed by atoms with Crippen LogP contribution < -0.4 is 4.72 Å². The van der Waals surface area contributed by atoms with Gasteiger partial charge in [0, 0.05) is 5.69 Å². The van der Waals surface area contributed by atoms with E-state index < -0.39 is 20.7 Å². The Morgan fingerprint density at radius 3 is 2.61 bits per heavy atom. The number of nitrogens with zero attached hydrogens (tertiary/aromatic N) is 2. The molecule has 1 N–H and O–H groups in total. The quantitative estimate of drug-likeness (QED) is 0.918. The fraction of sp³-hybridized carbons (Fsp3) is 0.533. The molecule has 2 aromatic heterocycles. The SMILES string of the molecule is Cc1cc(C(=O)NS(=O)(=O)C2(C)CC2)c2c(C(C)C)noc2n1. The number of hydrogen-bond donors (Lipinski definition) is 1. The molecule has 1 fully saturated rings. The highest BCUT2D eigenvalue weighted by molar-refractivity contribution is 7.91. The van der Waals surface area contributed by atoms with Crippen LogP contribution >= 0.6 is 0 Å². The lowest BCUT2D eigenvalue weighted by Crippen LogP contribution is -2.38. The number of hydrogen-bond acceptors (Lipinski definition) is 6. The molecule has 7 nitrogen and oxygen atoms in total. The van der Waals surface area contributed by atoms with Crippen molar-refractivity contribution in [3.63, 3.8) is 0 Å². The van der Waals surface area contributed by atoms with E-state index in [2.05, 4.69) is 14.9 Å².